The largest absolute Gasteiger partial charge is 0.444 e. The molecule has 3 fully saturated rings. The van der Waals surface area contributed by atoms with Gasteiger partial charge in [0.25, 0.3) is 6.01 Å². The van der Waals surface area contributed by atoms with Crippen molar-refractivity contribution >= 4 is 34.5 Å². The van der Waals surface area contributed by atoms with Gasteiger partial charge in [0.1, 0.15) is 22.2 Å². The van der Waals surface area contributed by atoms with E-state index in [1.54, 1.807) is 36.0 Å². The Bertz CT molecular complexity index is 1380. The third-order valence-electron chi connectivity index (χ3n) is 6.64. The molecule has 3 saturated heterocycles. The number of piperazine rings is 1. The molecule has 4 unspecified atom stereocenters. The van der Waals surface area contributed by atoms with E-state index in [1.807, 2.05) is 0 Å². The quantitative estimate of drug-likeness (QED) is 0.363. The molecule has 6 rings (SSSR count). The van der Waals surface area contributed by atoms with Gasteiger partial charge in [0.15, 0.2) is 11.7 Å². The van der Waals surface area contributed by atoms with Crippen LogP contribution in [-0.2, 0) is 9.47 Å². The van der Waals surface area contributed by atoms with Crippen LogP contribution in [0.5, 0.6) is 0 Å². The average molecular weight is 591 g/mol. The Kier molecular flexibility index (Phi) is 6.98. The molecule has 9 nitrogen and oxygen atoms in total. The molecule has 15 heteroatoms. The van der Waals surface area contributed by atoms with E-state index in [4.69, 9.17) is 9.15 Å². The van der Waals surface area contributed by atoms with Crippen LogP contribution in [0.3, 0.4) is 0 Å². The van der Waals surface area contributed by atoms with Gasteiger partial charge in [-0.3, -0.25) is 4.90 Å². The van der Waals surface area contributed by atoms with Crippen molar-refractivity contribution in [1.82, 2.24) is 14.9 Å². The second-order valence-corrected chi connectivity index (χ2v) is 11.7. The van der Waals surface area contributed by atoms with Gasteiger partial charge in [0.2, 0.25) is 0 Å². The van der Waals surface area contributed by atoms with Crippen molar-refractivity contribution in [3.8, 4) is 10.6 Å². The molecule has 2 bridgehead atoms. The summed E-state index contributed by atoms with van der Waals surface area (Å²) in [6, 6.07) is 1.81. The molecule has 40 heavy (non-hydrogen) atoms. The highest BCUT2D eigenvalue weighted by atomic mass is 32.1. The van der Waals surface area contributed by atoms with E-state index in [0.717, 1.165) is 6.07 Å². The van der Waals surface area contributed by atoms with Crippen LogP contribution in [0.15, 0.2) is 28.1 Å². The summed E-state index contributed by atoms with van der Waals surface area (Å²) in [5.74, 6) is 0. The average Bonchev–Trinajstić information content (AvgIpc) is 3.51. The van der Waals surface area contributed by atoms with Crippen molar-refractivity contribution in [2.24, 2.45) is 0 Å². The van der Waals surface area contributed by atoms with Crippen LogP contribution < -0.4 is 4.90 Å². The molecule has 3 aromatic rings. The third kappa shape index (κ3) is 5.33. The number of aromatic nitrogens is 2. The highest BCUT2D eigenvalue weighted by Crippen LogP contribution is 2.46. The Morgan fingerprint density at radius 1 is 1.18 bits per heavy atom. The van der Waals surface area contributed by atoms with E-state index in [-0.39, 0.29) is 42.3 Å². The topological polar surface area (TPSA) is 101 Å². The number of carbonyl (C=O) groups excluding carboxylic acids is 1. The number of nitrogens with zero attached hydrogens (tertiary/aromatic N) is 4. The number of anilines is 1. The summed E-state index contributed by atoms with van der Waals surface area (Å²) in [7, 11) is 0. The van der Waals surface area contributed by atoms with Crippen LogP contribution in [0, 0.1) is 0 Å². The van der Waals surface area contributed by atoms with Gasteiger partial charge in [0.05, 0.1) is 17.6 Å². The fourth-order valence-corrected chi connectivity index (χ4v) is 5.49. The lowest BCUT2D eigenvalue weighted by Crippen LogP contribution is -2.70. The minimum absolute atomic E-state index is 0.0259. The van der Waals surface area contributed by atoms with Gasteiger partial charge in [-0.2, -0.15) is 26.9 Å². The Balaban J connectivity index is 1.52. The number of ether oxygens (including phenoxy) is 2. The summed E-state index contributed by atoms with van der Waals surface area (Å²) in [6.07, 6.45) is -13.6. The van der Waals surface area contributed by atoms with Crippen molar-refractivity contribution in [3.63, 3.8) is 0 Å². The second-order valence-electron chi connectivity index (χ2n) is 10.8. The zero-order chi connectivity index (χ0) is 29.2. The van der Waals surface area contributed by atoms with Gasteiger partial charge in [-0.15, -0.1) is 11.3 Å². The van der Waals surface area contributed by atoms with Gasteiger partial charge in [0, 0.05) is 30.2 Å². The van der Waals surface area contributed by atoms with Crippen molar-refractivity contribution in [3.05, 3.63) is 29.3 Å². The van der Waals surface area contributed by atoms with E-state index in [2.05, 4.69) is 14.7 Å². The molecule has 4 atom stereocenters. The first kappa shape index (κ1) is 28.5. The van der Waals surface area contributed by atoms with E-state index in [1.165, 1.54) is 23.6 Å². The number of halogens is 5. The van der Waals surface area contributed by atoms with Crippen molar-refractivity contribution < 1.29 is 45.7 Å². The first-order valence-corrected chi connectivity index (χ1v) is 13.3. The molecular weight excluding hydrogens is 563 g/mol. The molecule has 3 aliphatic rings. The molecule has 1 amide bonds. The smallest absolute Gasteiger partial charge is 0.419 e. The predicted octanol–water partition coefficient (Wildman–Crippen LogP) is 5.74. The van der Waals surface area contributed by atoms with E-state index in [0.29, 0.717) is 23.9 Å². The second kappa shape index (κ2) is 9.80. The Morgan fingerprint density at radius 2 is 1.85 bits per heavy atom. The number of hydrogen-bond acceptors (Lipinski definition) is 9. The summed E-state index contributed by atoms with van der Waals surface area (Å²) >= 11 is 1.21. The Morgan fingerprint density at radius 3 is 2.40 bits per heavy atom. The van der Waals surface area contributed by atoms with Crippen LogP contribution in [0.25, 0.3) is 21.7 Å². The van der Waals surface area contributed by atoms with E-state index in [9.17, 15) is 31.9 Å². The molecular formula is C25H27F5N4O5S. The molecule has 5 heterocycles. The van der Waals surface area contributed by atoms with Crippen LogP contribution in [0.4, 0.5) is 32.8 Å². The third-order valence-corrected chi connectivity index (χ3v) is 7.44. The number of fused-ring (bicyclic) bond motifs is 3. The summed E-state index contributed by atoms with van der Waals surface area (Å²) in [6.45, 7) is 6.48. The fraction of sp³-hybridized carbons (Fsp3) is 0.560. The lowest BCUT2D eigenvalue weighted by molar-refractivity contribution is -0.352. The Labute approximate surface area is 229 Å². The molecule has 218 valence electrons. The maximum absolute atomic E-state index is 14.2. The number of oxazole rings is 1. The summed E-state index contributed by atoms with van der Waals surface area (Å²) in [5.41, 5.74) is -1.45. The normalized spacial score (nSPS) is 21.4. The number of hydrogen-bond donors (Lipinski definition) is 1. The Hall–Kier alpha value is -3.04. The van der Waals surface area contributed by atoms with Crippen molar-refractivity contribution in [2.75, 3.05) is 18.0 Å². The molecule has 0 saturated carbocycles. The van der Waals surface area contributed by atoms with Crippen LogP contribution in [0.2, 0.25) is 0 Å². The van der Waals surface area contributed by atoms with Gasteiger partial charge < -0.3 is 23.9 Å². The molecule has 0 aliphatic carbocycles. The van der Waals surface area contributed by atoms with Crippen LogP contribution >= 0.6 is 11.3 Å². The summed E-state index contributed by atoms with van der Waals surface area (Å²) in [4.78, 5) is 24.5. The number of aliphatic hydroxyl groups excluding tert-OH is 1. The monoisotopic (exact) mass is 590 g/mol. The number of thiazole rings is 1. The highest BCUT2D eigenvalue weighted by molar-refractivity contribution is 7.13. The predicted molar refractivity (Wildman–Crippen MR) is 134 cm³/mol. The van der Waals surface area contributed by atoms with Gasteiger partial charge in [-0.1, -0.05) is 6.07 Å². The van der Waals surface area contributed by atoms with E-state index >= 15 is 0 Å². The summed E-state index contributed by atoms with van der Waals surface area (Å²) in [5, 5.41) is 11.4. The summed E-state index contributed by atoms with van der Waals surface area (Å²) < 4.78 is 86.3. The van der Waals surface area contributed by atoms with Crippen molar-refractivity contribution in [1.29, 1.82) is 0 Å². The lowest BCUT2D eigenvalue weighted by atomic mass is 9.88. The first-order chi connectivity index (χ1) is 18.5. The molecule has 1 aromatic carbocycles. The molecule has 0 radical (unpaired) electrons. The van der Waals surface area contributed by atoms with E-state index < -0.39 is 41.8 Å². The molecule has 0 spiro atoms. The first-order valence-electron chi connectivity index (χ1n) is 12.4. The van der Waals surface area contributed by atoms with Gasteiger partial charge in [-0.05, 0) is 40.2 Å². The minimum Gasteiger partial charge on any atom is -0.444 e. The maximum Gasteiger partial charge on any atom is 0.419 e. The number of aliphatic hydroxyl groups is 1. The number of benzene rings is 1. The van der Waals surface area contributed by atoms with Crippen LogP contribution in [0.1, 0.15) is 45.8 Å². The molecule has 2 aromatic heterocycles. The number of rotatable bonds is 6. The number of piperidine rings is 1. The fourth-order valence-electron chi connectivity index (χ4n) is 4.83. The van der Waals surface area contributed by atoms with Crippen LogP contribution in [-0.4, -0.2) is 75.2 Å². The zero-order valence-electron chi connectivity index (χ0n) is 21.9. The molecule has 3 aliphatic heterocycles. The zero-order valence-corrected chi connectivity index (χ0v) is 22.7. The highest BCUT2D eigenvalue weighted by Gasteiger charge is 2.52. The number of amides is 1. The minimum atomic E-state index is -5.27. The van der Waals surface area contributed by atoms with Gasteiger partial charge >= 0.3 is 18.4 Å². The van der Waals surface area contributed by atoms with Crippen molar-refractivity contribution in [2.45, 2.75) is 76.3 Å². The SMILES string of the molecule is CC(O)C(F)(F)OC(c1ccc(-c2nccs2)c2oc(N3CC4CC(C3)N4C(=O)OC(C)(C)C)nc12)C(F)(F)F. The molecule has 1 N–H and O–H groups in total. The standard InChI is InChI=1S/C25H27F5N4O5S/c1-12(35)25(29,30)38-19(24(26,27)28)15-5-6-16(20-31-7-8-40-20)18-17(15)32-21(37-18)33-10-13-9-14(11-33)34(13)22(36)39-23(2,3)4/h5-8,12-14,19,35H,9-11H2,1-4H3. The number of alkyl halides is 5. The lowest BCUT2D eigenvalue weighted by Gasteiger charge is -2.55. The maximum atomic E-state index is 14.2. The van der Waals surface area contributed by atoms with Gasteiger partial charge in [-0.25, -0.2) is 9.78 Å². The number of carbonyl (C=O) groups is 1.